The normalized spacial score (nSPS) is 11.2. The summed E-state index contributed by atoms with van der Waals surface area (Å²) in [5.41, 5.74) is 5.78. The van der Waals surface area contributed by atoms with Crippen molar-refractivity contribution in [2.75, 3.05) is 19.5 Å². The van der Waals surface area contributed by atoms with Crippen molar-refractivity contribution in [3.05, 3.63) is 102 Å². The Kier molecular flexibility index (Phi) is 6.55. The minimum Gasteiger partial charge on any atom is -0.497 e. The molecule has 0 saturated heterocycles. The number of imidazole rings is 1. The summed E-state index contributed by atoms with van der Waals surface area (Å²) >= 11 is 0. The van der Waals surface area contributed by atoms with Crippen molar-refractivity contribution in [3.8, 4) is 40.0 Å². The molecule has 216 valence electrons. The first-order valence-corrected chi connectivity index (χ1v) is 13.9. The van der Waals surface area contributed by atoms with Gasteiger partial charge >= 0.3 is 0 Å². The second kappa shape index (κ2) is 10.7. The number of hydrogen-bond acceptors (Lipinski definition) is 7. The highest BCUT2D eigenvalue weighted by Gasteiger charge is 2.23. The number of hydrogen-bond donors (Lipinski definition) is 1. The number of aryl methyl sites for hydroxylation is 1. The number of fused-ring (bicyclic) bond motifs is 4. The predicted molar refractivity (Wildman–Crippen MR) is 167 cm³/mol. The largest absolute Gasteiger partial charge is 0.497 e. The maximum absolute atomic E-state index is 15.7. The number of rotatable bonds is 7. The van der Waals surface area contributed by atoms with E-state index in [0.717, 1.165) is 22.2 Å². The highest BCUT2D eigenvalue weighted by molar-refractivity contribution is 5.97. The molecule has 0 aliphatic rings. The zero-order valence-electron chi connectivity index (χ0n) is 24.2. The molecule has 44 heavy (non-hydrogen) atoms. The molecule has 3 aromatic heterocycles. The maximum Gasteiger partial charge on any atom is 0.153 e. The average Bonchev–Trinajstić information content (AvgIpc) is 3.70. The van der Waals surface area contributed by atoms with Crippen molar-refractivity contribution in [1.29, 1.82) is 5.26 Å². The molecule has 0 atom stereocenters. The summed E-state index contributed by atoms with van der Waals surface area (Å²) in [6.07, 6.45) is 5.20. The minimum atomic E-state index is -0.482. The quantitative estimate of drug-likeness (QED) is 0.222. The van der Waals surface area contributed by atoms with Crippen LogP contribution in [0.4, 0.5) is 10.2 Å². The molecule has 7 aromatic rings. The van der Waals surface area contributed by atoms with E-state index in [1.54, 1.807) is 50.7 Å². The smallest absolute Gasteiger partial charge is 0.153 e. The van der Waals surface area contributed by atoms with Crippen LogP contribution in [0.3, 0.4) is 0 Å². The number of benzene rings is 4. The topological polar surface area (TPSA) is 102 Å². The molecule has 0 radical (unpaired) electrons. The number of anilines is 1. The second-order valence-electron chi connectivity index (χ2n) is 10.3. The summed E-state index contributed by atoms with van der Waals surface area (Å²) < 4.78 is 30.2. The van der Waals surface area contributed by atoms with Crippen molar-refractivity contribution < 1.29 is 13.9 Å². The first-order chi connectivity index (χ1) is 21.5. The fourth-order valence-corrected chi connectivity index (χ4v) is 5.74. The Morgan fingerprint density at radius 3 is 2.66 bits per heavy atom. The minimum absolute atomic E-state index is 0.218. The number of methoxy groups -OCH3 is 2. The SMILES string of the molecule is COc1ccc(CNc2nc3cc(-c4cnn(C)c4-c4c(F)cc5ccccc5c4C#N)ccc3n3cncc23)c(OC)c1. The zero-order chi connectivity index (χ0) is 30.4. The number of nitrogens with zero attached hydrogens (tertiary/aromatic N) is 6. The third-order valence-electron chi connectivity index (χ3n) is 7.89. The number of aromatic nitrogens is 5. The van der Waals surface area contributed by atoms with Gasteiger partial charge in [-0.2, -0.15) is 10.4 Å². The maximum atomic E-state index is 15.7. The molecule has 0 aliphatic heterocycles. The summed E-state index contributed by atoms with van der Waals surface area (Å²) in [5, 5.41) is 19.4. The van der Waals surface area contributed by atoms with Gasteiger partial charge in [-0.25, -0.2) is 14.4 Å². The Labute approximate surface area is 251 Å². The lowest BCUT2D eigenvalue weighted by Gasteiger charge is -2.14. The van der Waals surface area contributed by atoms with Crippen LogP contribution in [0.2, 0.25) is 0 Å². The van der Waals surface area contributed by atoms with Gasteiger partial charge in [-0.3, -0.25) is 9.08 Å². The summed E-state index contributed by atoms with van der Waals surface area (Å²) in [7, 11) is 4.99. The van der Waals surface area contributed by atoms with E-state index in [9.17, 15) is 5.26 Å². The van der Waals surface area contributed by atoms with Crippen molar-refractivity contribution in [2.24, 2.45) is 7.05 Å². The van der Waals surface area contributed by atoms with Crippen LogP contribution in [0.25, 0.3) is 49.7 Å². The van der Waals surface area contributed by atoms with Gasteiger partial charge in [-0.1, -0.05) is 30.3 Å². The molecule has 0 fully saturated rings. The van der Waals surface area contributed by atoms with Crippen LogP contribution in [0, 0.1) is 17.1 Å². The molecular formula is C34H26FN7O2. The van der Waals surface area contributed by atoms with Crippen molar-refractivity contribution >= 4 is 33.1 Å². The van der Waals surface area contributed by atoms with E-state index in [-0.39, 0.29) is 11.1 Å². The number of halogens is 1. The molecular weight excluding hydrogens is 557 g/mol. The molecule has 0 bridgehead atoms. The Morgan fingerprint density at radius 2 is 1.84 bits per heavy atom. The van der Waals surface area contributed by atoms with Crippen LogP contribution in [-0.4, -0.2) is 38.4 Å². The van der Waals surface area contributed by atoms with E-state index in [4.69, 9.17) is 14.5 Å². The number of nitriles is 1. The van der Waals surface area contributed by atoms with Gasteiger partial charge in [0, 0.05) is 36.2 Å². The molecule has 0 amide bonds. The van der Waals surface area contributed by atoms with Crippen molar-refractivity contribution in [1.82, 2.24) is 24.1 Å². The first kappa shape index (κ1) is 26.9. The third-order valence-corrected chi connectivity index (χ3v) is 7.89. The van der Waals surface area contributed by atoms with Crippen molar-refractivity contribution in [2.45, 2.75) is 6.54 Å². The molecule has 0 unspecified atom stereocenters. The van der Waals surface area contributed by atoms with Crippen LogP contribution in [-0.2, 0) is 13.6 Å². The Morgan fingerprint density at radius 1 is 0.977 bits per heavy atom. The molecule has 9 nitrogen and oxygen atoms in total. The second-order valence-corrected chi connectivity index (χ2v) is 10.3. The highest BCUT2D eigenvalue weighted by Crippen LogP contribution is 2.39. The van der Waals surface area contributed by atoms with Gasteiger partial charge in [0.05, 0.1) is 60.8 Å². The van der Waals surface area contributed by atoms with Crippen LogP contribution in [0.15, 0.2) is 85.5 Å². The first-order valence-electron chi connectivity index (χ1n) is 13.9. The summed E-state index contributed by atoms with van der Waals surface area (Å²) in [6, 6.07) is 22.5. The predicted octanol–water partition coefficient (Wildman–Crippen LogP) is 6.74. The van der Waals surface area contributed by atoms with Gasteiger partial charge < -0.3 is 14.8 Å². The van der Waals surface area contributed by atoms with Gasteiger partial charge in [0.15, 0.2) is 5.82 Å². The third kappa shape index (κ3) is 4.34. The summed E-state index contributed by atoms with van der Waals surface area (Å²) in [4.78, 5) is 9.35. The number of nitrogens with one attached hydrogen (secondary N) is 1. The van der Waals surface area contributed by atoms with E-state index in [1.807, 2.05) is 59.0 Å². The van der Waals surface area contributed by atoms with Gasteiger partial charge in [0.25, 0.3) is 0 Å². The zero-order valence-corrected chi connectivity index (χ0v) is 24.2. The van der Waals surface area contributed by atoms with Gasteiger partial charge in [0.1, 0.15) is 28.9 Å². The standard InChI is InChI=1S/C34H26FN7O2/c1-41-33(32-25(15-36)24-7-5-4-6-20(24)12-27(32)35)26(17-39-41)21-9-11-29-28(13-21)40-34(30-18-37-19-42(29)30)38-16-22-8-10-23(43-2)14-31(22)44-3/h4-14,17-19H,16H2,1-3H3,(H,38,40). The van der Waals surface area contributed by atoms with Crippen molar-refractivity contribution in [3.63, 3.8) is 0 Å². The molecule has 0 saturated carbocycles. The highest BCUT2D eigenvalue weighted by atomic mass is 19.1. The lowest BCUT2D eigenvalue weighted by Crippen LogP contribution is -2.06. The molecule has 4 aromatic carbocycles. The van der Waals surface area contributed by atoms with E-state index in [0.29, 0.717) is 51.4 Å². The van der Waals surface area contributed by atoms with Gasteiger partial charge in [-0.15, -0.1) is 0 Å². The van der Waals surface area contributed by atoms with Gasteiger partial charge in [-0.05, 0) is 41.3 Å². The molecule has 7 rings (SSSR count). The van der Waals surface area contributed by atoms with Crippen LogP contribution >= 0.6 is 0 Å². The molecule has 0 spiro atoms. The van der Waals surface area contributed by atoms with Crippen LogP contribution in [0.5, 0.6) is 11.5 Å². The lowest BCUT2D eigenvalue weighted by atomic mass is 9.93. The molecule has 10 heteroatoms. The fraction of sp³-hybridized carbons (Fsp3) is 0.118. The summed E-state index contributed by atoms with van der Waals surface area (Å²) in [6.45, 7) is 0.455. The molecule has 1 N–H and O–H groups in total. The van der Waals surface area contributed by atoms with Crippen LogP contribution in [0.1, 0.15) is 11.1 Å². The Balaban J connectivity index is 1.34. The molecule has 3 heterocycles. The van der Waals surface area contributed by atoms with Gasteiger partial charge in [0.2, 0.25) is 0 Å². The lowest BCUT2D eigenvalue weighted by molar-refractivity contribution is 0.391. The van der Waals surface area contributed by atoms with E-state index in [2.05, 4.69) is 21.5 Å². The fourth-order valence-electron chi connectivity index (χ4n) is 5.74. The number of ether oxygens (including phenoxy) is 2. The van der Waals surface area contributed by atoms with Crippen LogP contribution < -0.4 is 14.8 Å². The van der Waals surface area contributed by atoms with E-state index < -0.39 is 5.82 Å². The average molecular weight is 584 g/mol. The molecule has 0 aliphatic carbocycles. The summed E-state index contributed by atoms with van der Waals surface area (Å²) in [5.74, 6) is 1.57. The van der Waals surface area contributed by atoms with E-state index in [1.165, 1.54) is 6.07 Å². The Hall–Kier alpha value is -5.95. The Bertz CT molecular complexity index is 2260. The monoisotopic (exact) mass is 583 g/mol. The van der Waals surface area contributed by atoms with E-state index >= 15 is 4.39 Å².